The summed E-state index contributed by atoms with van der Waals surface area (Å²) in [6.45, 7) is 0.294. The molecule has 30 heavy (non-hydrogen) atoms. The fourth-order valence-electron chi connectivity index (χ4n) is 3.44. The van der Waals surface area contributed by atoms with Crippen LogP contribution >= 0.6 is 11.6 Å². The Kier molecular flexibility index (Phi) is 4.85. The first-order valence-electron chi connectivity index (χ1n) is 8.75. The largest absolute Gasteiger partial charge is 0.472 e. The van der Waals surface area contributed by atoms with Crippen LogP contribution in [0.15, 0.2) is 35.3 Å². The molecule has 8 nitrogen and oxygen atoms in total. The molecule has 1 unspecified atom stereocenters. The number of alkyl halides is 3. The van der Waals surface area contributed by atoms with Gasteiger partial charge in [-0.15, -0.1) is 0 Å². The second-order valence-corrected chi connectivity index (χ2v) is 7.14. The van der Waals surface area contributed by atoms with Crippen molar-refractivity contribution in [1.29, 1.82) is 0 Å². The Bertz CT molecular complexity index is 1130. The van der Waals surface area contributed by atoms with E-state index in [2.05, 4.69) is 10.3 Å². The maximum Gasteiger partial charge on any atom is 0.420 e. The summed E-state index contributed by atoms with van der Waals surface area (Å²) in [7, 11) is 0. The molecule has 0 aromatic carbocycles. The Balaban J connectivity index is 1.76. The van der Waals surface area contributed by atoms with Gasteiger partial charge >= 0.3 is 12.3 Å². The van der Waals surface area contributed by atoms with Crippen molar-refractivity contribution in [3.63, 3.8) is 0 Å². The number of nitrogens with zero attached hydrogens (tertiary/aromatic N) is 3. The number of carbonyl (C=O) groups is 2. The minimum atomic E-state index is -4.74. The zero-order valence-corrected chi connectivity index (χ0v) is 15.9. The van der Waals surface area contributed by atoms with Gasteiger partial charge in [0.05, 0.1) is 24.1 Å². The molecule has 0 bridgehead atoms. The fraction of sp³-hybridized carbons (Fsp3) is 0.278. The summed E-state index contributed by atoms with van der Waals surface area (Å²) in [5, 5.41) is 10.8. The van der Waals surface area contributed by atoms with Crippen molar-refractivity contribution in [3.8, 4) is 11.1 Å². The lowest BCUT2D eigenvalue weighted by Crippen LogP contribution is -2.37. The Hall–Kier alpha value is -3.21. The monoisotopic (exact) mass is 442 g/mol. The quantitative estimate of drug-likeness (QED) is 0.643. The van der Waals surface area contributed by atoms with E-state index in [9.17, 15) is 22.8 Å². The molecule has 0 aliphatic carbocycles. The summed E-state index contributed by atoms with van der Waals surface area (Å²) in [5.41, 5.74) is -1.28. The number of halogens is 4. The van der Waals surface area contributed by atoms with Gasteiger partial charge in [0, 0.05) is 30.4 Å². The van der Waals surface area contributed by atoms with Crippen LogP contribution < -0.4 is 5.32 Å². The van der Waals surface area contributed by atoms with Gasteiger partial charge in [0.15, 0.2) is 11.3 Å². The van der Waals surface area contributed by atoms with Crippen LogP contribution in [-0.2, 0) is 6.18 Å². The number of amides is 2. The average Bonchev–Trinajstić information content (AvgIpc) is 3.40. The lowest BCUT2D eigenvalue weighted by atomic mass is 10.1. The Morgan fingerprint density at radius 1 is 1.33 bits per heavy atom. The molecule has 0 radical (unpaired) electrons. The molecule has 4 heterocycles. The standard InChI is InChI=1S/C18H14ClF3N4O4/c19-14-13(16(27)25-3-1-11(7-25)23-17(28)29)24-15-12(18(20,21)22)5-10(6-26(14)15)9-2-4-30-8-9/h2,4-6,8,11,23H,1,3,7H2,(H,28,29). The van der Waals surface area contributed by atoms with E-state index in [1.54, 1.807) is 0 Å². The fourth-order valence-corrected chi connectivity index (χ4v) is 3.69. The molecule has 158 valence electrons. The van der Waals surface area contributed by atoms with Gasteiger partial charge in [-0.3, -0.25) is 9.20 Å². The maximum atomic E-state index is 13.7. The summed E-state index contributed by atoms with van der Waals surface area (Å²) < 4.78 is 47.0. The van der Waals surface area contributed by atoms with E-state index in [0.717, 1.165) is 10.5 Å². The number of carboxylic acid groups (broad SMARTS) is 1. The number of rotatable bonds is 3. The summed E-state index contributed by atoms with van der Waals surface area (Å²) >= 11 is 6.26. The van der Waals surface area contributed by atoms with E-state index in [4.69, 9.17) is 21.1 Å². The molecule has 3 aromatic heterocycles. The minimum Gasteiger partial charge on any atom is -0.472 e. The molecule has 1 atom stereocenters. The summed E-state index contributed by atoms with van der Waals surface area (Å²) in [4.78, 5) is 28.8. The van der Waals surface area contributed by atoms with E-state index in [1.165, 1.54) is 29.7 Å². The molecule has 0 saturated carbocycles. The maximum absolute atomic E-state index is 13.7. The van der Waals surface area contributed by atoms with Crippen LogP contribution in [0.25, 0.3) is 16.8 Å². The molecular weight excluding hydrogens is 429 g/mol. The third kappa shape index (κ3) is 3.56. The SMILES string of the molecule is O=C(O)NC1CCN(C(=O)c2nc3c(C(F)(F)F)cc(-c4ccoc4)cn3c2Cl)C1. The number of nitrogens with one attached hydrogen (secondary N) is 1. The summed E-state index contributed by atoms with van der Waals surface area (Å²) in [5.74, 6) is -0.670. The Morgan fingerprint density at radius 2 is 2.10 bits per heavy atom. The first-order chi connectivity index (χ1) is 14.1. The van der Waals surface area contributed by atoms with Gasteiger partial charge in [0.1, 0.15) is 5.15 Å². The van der Waals surface area contributed by atoms with Crippen LogP contribution in [0.4, 0.5) is 18.0 Å². The Labute approximate surface area is 171 Å². The summed E-state index contributed by atoms with van der Waals surface area (Å²) in [6, 6.07) is 1.94. The Morgan fingerprint density at radius 3 is 2.73 bits per heavy atom. The van der Waals surface area contributed by atoms with Crippen LogP contribution in [0.3, 0.4) is 0 Å². The molecule has 2 N–H and O–H groups in total. The van der Waals surface area contributed by atoms with E-state index >= 15 is 0 Å². The lowest BCUT2D eigenvalue weighted by molar-refractivity contribution is -0.136. The van der Waals surface area contributed by atoms with E-state index < -0.39 is 35.4 Å². The number of pyridine rings is 1. The molecule has 0 spiro atoms. The molecule has 1 fully saturated rings. The van der Waals surface area contributed by atoms with E-state index in [-0.39, 0.29) is 29.5 Å². The van der Waals surface area contributed by atoms with E-state index in [0.29, 0.717) is 12.0 Å². The molecule has 2 amide bonds. The van der Waals surface area contributed by atoms with Gasteiger partial charge < -0.3 is 19.7 Å². The van der Waals surface area contributed by atoms with E-state index in [1.807, 2.05) is 0 Å². The van der Waals surface area contributed by atoms with Crippen molar-refractivity contribution in [2.45, 2.75) is 18.6 Å². The van der Waals surface area contributed by atoms with Crippen molar-refractivity contribution < 1.29 is 32.3 Å². The highest BCUT2D eigenvalue weighted by molar-refractivity contribution is 6.33. The third-order valence-electron chi connectivity index (χ3n) is 4.83. The van der Waals surface area contributed by atoms with Crippen molar-refractivity contribution >= 4 is 29.2 Å². The number of fused-ring (bicyclic) bond motifs is 1. The van der Waals surface area contributed by atoms with Gasteiger partial charge in [-0.2, -0.15) is 13.2 Å². The predicted octanol–water partition coefficient (Wildman–Crippen LogP) is 3.75. The molecule has 1 aliphatic rings. The van der Waals surface area contributed by atoms with Gasteiger partial charge in [0.2, 0.25) is 0 Å². The zero-order valence-electron chi connectivity index (χ0n) is 15.1. The van der Waals surface area contributed by atoms with Crippen LogP contribution in [0.2, 0.25) is 5.15 Å². The van der Waals surface area contributed by atoms with Crippen molar-refractivity contribution in [1.82, 2.24) is 19.6 Å². The van der Waals surface area contributed by atoms with Gasteiger partial charge in [-0.25, -0.2) is 9.78 Å². The minimum absolute atomic E-state index is 0.0712. The number of imidazole rings is 1. The summed E-state index contributed by atoms with van der Waals surface area (Å²) in [6.07, 6.45) is -1.62. The number of hydrogen-bond donors (Lipinski definition) is 2. The van der Waals surface area contributed by atoms with Crippen molar-refractivity contribution in [2.75, 3.05) is 13.1 Å². The molecule has 12 heteroatoms. The van der Waals surface area contributed by atoms with Gasteiger partial charge in [-0.05, 0) is 18.6 Å². The van der Waals surface area contributed by atoms with Crippen molar-refractivity contribution in [2.24, 2.45) is 0 Å². The topological polar surface area (TPSA) is 100 Å². The molecular formula is C18H14ClF3N4O4. The third-order valence-corrected chi connectivity index (χ3v) is 5.19. The molecule has 3 aromatic rings. The number of aromatic nitrogens is 2. The number of likely N-dealkylation sites (tertiary alicyclic amines) is 1. The second kappa shape index (κ2) is 7.24. The molecule has 4 rings (SSSR count). The average molecular weight is 443 g/mol. The van der Waals surface area contributed by atoms with Crippen LogP contribution in [-0.4, -0.2) is 50.5 Å². The van der Waals surface area contributed by atoms with Gasteiger partial charge in [0.25, 0.3) is 5.91 Å². The molecule has 1 aliphatic heterocycles. The number of furan rings is 1. The van der Waals surface area contributed by atoms with Crippen LogP contribution in [0.1, 0.15) is 22.5 Å². The molecule has 1 saturated heterocycles. The normalized spacial score (nSPS) is 16.9. The van der Waals surface area contributed by atoms with Gasteiger partial charge in [-0.1, -0.05) is 11.6 Å². The first kappa shape index (κ1) is 20.1. The number of hydrogen-bond acceptors (Lipinski definition) is 4. The van der Waals surface area contributed by atoms with Crippen LogP contribution in [0.5, 0.6) is 0 Å². The highest BCUT2D eigenvalue weighted by atomic mass is 35.5. The lowest BCUT2D eigenvalue weighted by Gasteiger charge is -2.15. The van der Waals surface area contributed by atoms with Crippen molar-refractivity contribution in [3.05, 3.63) is 47.3 Å². The zero-order chi connectivity index (χ0) is 21.6. The first-order valence-corrected chi connectivity index (χ1v) is 9.13. The predicted molar refractivity (Wildman–Crippen MR) is 98.4 cm³/mol. The number of carbonyl (C=O) groups excluding carboxylic acids is 1. The highest BCUT2D eigenvalue weighted by Gasteiger charge is 2.37. The second-order valence-electron chi connectivity index (χ2n) is 6.78. The van der Waals surface area contributed by atoms with Crippen LogP contribution in [0, 0.1) is 0 Å². The smallest absolute Gasteiger partial charge is 0.420 e. The highest BCUT2D eigenvalue weighted by Crippen LogP contribution is 2.37.